The monoisotopic (exact) mass is 249 g/mol. The van der Waals surface area contributed by atoms with Crippen LogP contribution in [0.3, 0.4) is 0 Å². The summed E-state index contributed by atoms with van der Waals surface area (Å²) >= 11 is 0. The fourth-order valence-corrected chi connectivity index (χ4v) is 2.44. The van der Waals surface area contributed by atoms with Crippen LogP contribution >= 0.6 is 0 Å². The van der Waals surface area contributed by atoms with E-state index in [0.717, 1.165) is 36.8 Å². The van der Waals surface area contributed by atoms with Gasteiger partial charge in [-0.2, -0.15) is 0 Å². The minimum Gasteiger partial charge on any atom is -0.497 e. The molecule has 1 fully saturated rings. The number of methoxy groups -OCH3 is 1. The Bertz CT molecular complexity index is 408. The topological polar surface area (TPSA) is 51.4 Å². The summed E-state index contributed by atoms with van der Waals surface area (Å²) in [6.45, 7) is 7.15. The summed E-state index contributed by atoms with van der Waals surface area (Å²) in [7, 11) is 1.69. The van der Waals surface area contributed by atoms with Gasteiger partial charge in [0.15, 0.2) is 0 Å². The Kier molecular flexibility index (Phi) is 4.19. The van der Waals surface area contributed by atoms with E-state index in [9.17, 15) is 0 Å². The van der Waals surface area contributed by atoms with Gasteiger partial charge in [0.05, 0.1) is 12.8 Å². The van der Waals surface area contributed by atoms with E-state index in [2.05, 4.69) is 16.8 Å². The van der Waals surface area contributed by atoms with E-state index in [1.165, 1.54) is 6.42 Å². The summed E-state index contributed by atoms with van der Waals surface area (Å²) in [5, 5.41) is 0. The molecule has 2 atom stereocenters. The molecule has 2 N–H and O–H groups in total. The predicted octanol–water partition coefficient (Wildman–Crippen LogP) is 1.57. The van der Waals surface area contributed by atoms with Crippen LogP contribution < -0.4 is 10.5 Å². The molecule has 2 rings (SSSR count). The van der Waals surface area contributed by atoms with Gasteiger partial charge in [0, 0.05) is 37.0 Å². The minimum atomic E-state index is 0.283. The van der Waals surface area contributed by atoms with Crippen molar-refractivity contribution in [2.24, 2.45) is 11.7 Å². The number of piperidine rings is 1. The Balaban J connectivity index is 2.03. The molecule has 0 aliphatic carbocycles. The van der Waals surface area contributed by atoms with Crippen LogP contribution in [0.25, 0.3) is 0 Å². The SMILES string of the molecule is COc1cc(C)nc(CN2CCC(C)C(N)C2)c1. The summed E-state index contributed by atoms with van der Waals surface area (Å²) in [6.07, 6.45) is 1.17. The first kappa shape index (κ1) is 13.3. The number of nitrogens with zero attached hydrogens (tertiary/aromatic N) is 2. The highest BCUT2D eigenvalue weighted by molar-refractivity contribution is 5.26. The number of likely N-dealkylation sites (tertiary alicyclic amines) is 1. The quantitative estimate of drug-likeness (QED) is 0.883. The van der Waals surface area contributed by atoms with E-state index in [1.54, 1.807) is 7.11 Å². The van der Waals surface area contributed by atoms with Gasteiger partial charge in [0.1, 0.15) is 5.75 Å². The summed E-state index contributed by atoms with van der Waals surface area (Å²) in [4.78, 5) is 6.94. The highest BCUT2D eigenvalue weighted by Crippen LogP contribution is 2.19. The summed E-state index contributed by atoms with van der Waals surface area (Å²) < 4.78 is 5.28. The maximum atomic E-state index is 6.12. The van der Waals surface area contributed by atoms with Crippen molar-refractivity contribution >= 4 is 0 Å². The molecule has 0 bridgehead atoms. The van der Waals surface area contributed by atoms with Crippen molar-refractivity contribution in [1.29, 1.82) is 0 Å². The largest absolute Gasteiger partial charge is 0.497 e. The molecule has 0 aromatic carbocycles. The summed E-state index contributed by atoms with van der Waals surface area (Å²) in [5.74, 6) is 1.51. The first-order chi connectivity index (χ1) is 8.58. The molecule has 2 heterocycles. The number of hydrogen-bond acceptors (Lipinski definition) is 4. The number of aromatic nitrogens is 1. The van der Waals surface area contributed by atoms with Crippen molar-refractivity contribution in [3.8, 4) is 5.75 Å². The maximum absolute atomic E-state index is 6.12. The van der Waals surface area contributed by atoms with E-state index in [1.807, 2.05) is 19.1 Å². The van der Waals surface area contributed by atoms with E-state index in [4.69, 9.17) is 10.5 Å². The molecule has 4 nitrogen and oxygen atoms in total. The lowest BCUT2D eigenvalue weighted by Crippen LogP contribution is -2.47. The average molecular weight is 249 g/mol. The van der Waals surface area contributed by atoms with Crippen LogP contribution in [0.4, 0.5) is 0 Å². The van der Waals surface area contributed by atoms with Gasteiger partial charge in [0.25, 0.3) is 0 Å². The minimum absolute atomic E-state index is 0.283. The first-order valence-electron chi connectivity index (χ1n) is 6.58. The van der Waals surface area contributed by atoms with Crippen LogP contribution in [0.15, 0.2) is 12.1 Å². The lowest BCUT2D eigenvalue weighted by molar-refractivity contribution is 0.160. The molecule has 1 aliphatic rings. The molecule has 100 valence electrons. The van der Waals surface area contributed by atoms with Crippen molar-refractivity contribution in [2.75, 3.05) is 20.2 Å². The van der Waals surface area contributed by atoms with E-state index in [0.29, 0.717) is 5.92 Å². The van der Waals surface area contributed by atoms with Crippen LogP contribution in [-0.4, -0.2) is 36.1 Å². The van der Waals surface area contributed by atoms with E-state index >= 15 is 0 Å². The third-order valence-electron chi connectivity index (χ3n) is 3.70. The molecule has 1 saturated heterocycles. The van der Waals surface area contributed by atoms with Gasteiger partial charge in [-0.25, -0.2) is 0 Å². The van der Waals surface area contributed by atoms with Gasteiger partial charge in [-0.1, -0.05) is 6.92 Å². The van der Waals surface area contributed by atoms with Crippen molar-refractivity contribution in [3.05, 3.63) is 23.5 Å². The van der Waals surface area contributed by atoms with Crippen molar-refractivity contribution in [1.82, 2.24) is 9.88 Å². The molecule has 0 saturated carbocycles. The van der Waals surface area contributed by atoms with Crippen LogP contribution in [-0.2, 0) is 6.54 Å². The summed E-state index contributed by atoms with van der Waals surface area (Å²) in [6, 6.07) is 4.25. The van der Waals surface area contributed by atoms with Gasteiger partial charge in [0.2, 0.25) is 0 Å². The Morgan fingerprint density at radius 2 is 2.28 bits per heavy atom. The van der Waals surface area contributed by atoms with Gasteiger partial charge in [-0.15, -0.1) is 0 Å². The first-order valence-corrected chi connectivity index (χ1v) is 6.58. The molecule has 0 amide bonds. The fraction of sp³-hybridized carbons (Fsp3) is 0.643. The number of pyridine rings is 1. The zero-order chi connectivity index (χ0) is 13.1. The van der Waals surface area contributed by atoms with E-state index < -0.39 is 0 Å². The molecule has 0 radical (unpaired) electrons. The molecule has 4 heteroatoms. The zero-order valence-corrected chi connectivity index (χ0v) is 11.5. The predicted molar refractivity (Wildman–Crippen MR) is 72.6 cm³/mol. The number of hydrogen-bond donors (Lipinski definition) is 1. The Hall–Kier alpha value is -1.13. The normalized spacial score (nSPS) is 25.1. The number of nitrogens with two attached hydrogens (primary N) is 1. The second-order valence-corrected chi connectivity index (χ2v) is 5.30. The number of aryl methyl sites for hydroxylation is 1. The lowest BCUT2D eigenvalue weighted by atomic mass is 9.94. The maximum Gasteiger partial charge on any atom is 0.122 e. The van der Waals surface area contributed by atoms with Crippen molar-refractivity contribution < 1.29 is 4.74 Å². The Morgan fingerprint density at radius 1 is 1.50 bits per heavy atom. The van der Waals surface area contributed by atoms with Gasteiger partial charge in [-0.3, -0.25) is 9.88 Å². The number of ether oxygens (including phenoxy) is 1. The molecule has 1 aliphatic heterocycles. The highest BCUT2D eigenvalue weighted by Gasteiger charge is 2.23. The van der Waals surface area contributed by atoms with Gasteiger partial charge < -0.3 is 10.5 Å². The molecule has 1 aromatic heterocycles. The smallest absolute Gasteiger partial charge is 0.122 e. The standard InChI is InChI=1S/C14H23N3O/c1-10-4-5-17(9-14(10)15)8-12-7-13(18-3)6-11(2)16-12/h6-7,10,14H,4-5,8-9,15H2,1-3H3. The van der Waals surface area contributed by atoms with Crippen molar-refractivity contribution in [2.45, 2.75) is 32.9 Å². The number of rotatable bonds is 3. The lowest BCUT2D eigenvalue weighted by Gasteiger charge is -2.34. The molecule has 18 heavy (non-hydrogen) atoms. The molecule has 0 spiro atoms. The van der Waals surface area contributed by atoms with Crippen LogP contribution in [0.2, 0.25) is 0 Å². The zero-order valence-electron chi connectivity index (χ0n) is 11.5. The molecular formula is C14H23N3O. The highest BCUT2D eigenvalue weighted by atomic mass is 16.5. The fourth-order valence-electron chi connectivity index (χ4n) is 2.44. The van der Waals surface area contributed by atoms with Gasteiger partial charge >= 0.3 is 0 Å². The Morgan fingerprint density at radius 3 is 2.94 bits per heavy atom. The second-order valence-electron chi connectivity index (χ2n) is 5.30. The Labute approximate surface area is 109 Å². The third kappa shape index (κ3) is 3.21. The van der Waals surface area contributed by atoms with Crippen molar-refractivity contribution in [3.63, 3.8) is 0 Å². The molecule has 1 aromatic rings. The van der Waals surface area contributed by atoms with Crippen LogP contribution in [0.5, 0.6) is 5.75 Å². The van der Waals surface area contributed by atoms with Crippen LogP contribution in [0, 0.1) is 12.8 Å². The summed E-state index contributed by atoms with van der Waals surface area (Å²) in [5.41, 5.74) is 8.18. The van der Waals surface area contributed by atoms with E-state index in [-0.39, 0.29) is 6.04 Å². The van der Waals surface area contributed by atoms with Crippen LogP contribution in [0.1, 0.15) is 24.7 Å². The third-order valence-corrected chi connectivity index (χ3v) is 3.70. The average Bonchev–Trinajstić information content (AvgIpc) is 2.33. The molecule has 2 unspecified atom stereocenters. The molecular weight excluding hydrogens is 226 g/mol. The second kappa shape index (κ2) is 5.67. The van der Waals surface area contributed by atoms with Gasteiger partial charge in [-0.05, 0) is 25.8 Å².